The average Bonchev–Trinajstić information content (AvgIpc) is 3.32. The lowest BCUT2D eigenvalue weighted by Crippen LogP contribution is -2.53. The molecule has 8 nitrogen and oxygen atoms in total. The minimum Gasteiger partial charge on any atom is -0.450 e. The number of rotatable bonds is 5. The highest BCUT2D eigenvalue weighted by molar-refractivity contribution is 8.00. The number of carbonyl (C=O) groups is 3. The van der Waals surface area contributed by atoms with Crippen molar-refractivity contribution < 1.29 is 19.1 Å². The van der Waals surface area contributed by atoms with Crippen LogP contribution in [0.2, 0.25) is 0 Å². The van der Waals surface area contributed by atoms with E-state index in [9.17, 15) is 14.4 Å². The fourth-order valence-electron chi connectivity index (χ4n) is 3.62. The SMILES string of the molecule is CCOC(=O)NC(=O)C1CCSC1NC(=O)C1CSC(C2CCCCN2)N1. The maximum Gasteiger partial charge on any atom is 0.413 e. The Balaban J connectivity index is 1.48. The number of hydrogen-bond acceptors (Lipinski definition) is 8. The molecule has 0 aliphatic carbocycles. The van der Waals surface area contributed by atoms with Gasteiger partial charge in [0, 0.05) is 11.8 Å². The molecule has 5 unspecified atom stereocenters. The van der Waals surface area contributed by atoms with Crippen molar-refractivity contribution in [3.63, 3.8) is 0 Å². The molecule has 0 aromatic carbocycles. The van der Waals surface area contributed by atoms with Gasteiger partial charge in [-0.1, -0.05) is 6.42 Å². The van der Waals surface area contributed by atoms with Crippen LogP contribution in [0.5, 0.6) is 0 Å². The fourth-order valence-corrected chi connectivity index (χ4v) is 6.32. The van der Waals surface area contributed by atoms with E-state index in [2.05, 4.69) is 21.3 Å². The third-order valence-corrected chi connectivity index (χ3v) is 7.68. The average molecular weight is 417 g/mol. The molecule has 0 spiro atoms. The van der Waals surface area contributed by atoms with Crippen LogP contribution in [0.1, 0.15) is 32.6 Å². The molecule has 0 aromatic rings. The van der Waals surface area contributed by atoms with E-state index in [1.54, 1.807) is 30.4 Å². The zero-order chi connectivity index (χ0) is 19.2. The predicted molar refractivity (Wildman–Crippen MR) is 106 cm³/mol. The second-order valence-electron chi connectivity index (χ2n) is 6.93. The summed E-state index contributed by atoms with van der Waals surface area (Å²) in [6.07, 6.45) is 3.46. The standard InChI is InChI=1S/C17H28N4O4S2/c1-2-25-17(24)21-13(22)10-6-8-26-15(10)20-14(23)12-9-27-16(19-12)11-5-3-4-7-18-11/h10-12,15-16,18-19H,2-9H2,1H3,(H,20,23)(H,21,22,24). The quantitative estimate of drug-likeness (QED) is 0.517. The first-order valence-corrected chi connectivity index (χ1v) is 11.7. The zero-order valence-corrected chi connectivity index (χ0v) is 17.1. The normalized spacial score (nSPS) is 33.4. The Bertz CT molecular complexity index is 559. The van der Waals surface area contributed by atoms with Gasteiger partial charge in [-0.15, -0.1) is 23.5 Å². The van der Waals surface area contributed by atoms with E-state index in [-0.39, 0.29) is 35.2 Å². The molecule has 3 saturated heterocycles. The van der Waals surface area contributed by atoms with Crippen LogP contribution in [0.4, 0.5) is 4.79 Å². The van der Waals surface area contributed by atoms with Crippen LogP contribution in [-0.4, -0.2) is 65.4 Å². The Morgan fingerprint density at radius 1 is 1.15 bits per heavy atom. The van der Waals surface area contributed by atoms with Gasteiger partial charge in [-0.2, -0.15) is 0 Å². The van der Waals surface area contributed by atoms with E-state index in [4.69, 9.17) is 4.74 Å². The van der Waals surface area contributed by atoms with Crippen LogP contribution >= 0.6 is 23.5 Å². The lowest BCUT2D eigenvalue weighted by Gasteiger charge is -2.28. The summed E-state index contributed by atoms with van der Waals surface area (Å²) in [4.78, 5) is 36.4. The molecule has 0 saturated carbocycles. The Morgan fingerprint density at radius 3 is 2.74 bits per heavy atom. The number of hydrogen-bond donors (Lipinski definition) is 4. The second kappa shape index (κ2) is 9.99. The molecule has 0 bridgehead atoms. The van der Waals surface area contributed by atoms with E-state index in [0.717, 1.165) is 24.5 Å². The lowest BCUT2D eigenvalue weighted by molar-refractivity contribution is -0.125. The van der Waals surface area contributed by atoms with E-state index in [0.29, 0.717) is 12.5 Å². The summed E-state index contributed by atoms with van der Waals surface area (Å²) in [7, 11) is 0. The zero-order valence-electron chi connectivity index (χ0n) is 15.5. The molecule has 3 fully saturated rings. The van der Waals surface area contributed by atoms with Crippen molar-refractivity contribution >= 4 is 41.4 Å². The Labute approximate surface area is 168 Å². The number of piperidine rings is 1. The maximum atomic E-state index is 12.7. The van der Waals surface area contributed by atoms with Crippen LogP contribution in [0.25, 0.3) is 0 Å². The summed E-state index contributed by atoms with van der Waals surface area (Å²) in [5.41, 5.74) is 0. The molecule has 3 amide bonds. The molecule has 3 rings (SSSR count). The van der Waals surface area contributed by atoms with Crippen molar-refractivity contribution in [2.24, 2.45) is 5.92 Å². The first-order valence-electron chi connectivity index (χ1n) is 9.59. The topological polar surface area (TPSA) is 109 Å². The van der Waals surface area contributed by atoms with Gasteiger partial charge < -0.3 is 15.4 Å². The fraction of sp³-hybridized carbons (Fsp3) is 0.824. The molecule has 0 radical (unpaired) electrons. The Kier molecular flexibility index (Phi) is 7.68. The van der Waals surface area contributed by atoms with E-state index >= 15 is 0 Å². The van der Waals surface area contributed by atoms with Gasteiger partial charge >= 0.3 is 6.09 Å². The minimum atomic E-state index is -0.735. The Hall–Kier alpha value is -0.970. The molecular formula is C17H28N4O4S2. The van der Waals surface area contributed by atoms with Crippen LogP contribution in [0.15, 0.2) is 0 Å². The predicted octanol–water partition coefficient (Wildman–Crippen LogP) is 0.628. The van der Waals surface area contributed by atoms with E-state index < -0.39 is 12.0 Å². The van der Waals surface area contributed by atoms with Crippen molar-refractivity contribution in [1.82, 2.24) is 21.3 Å². The van der Waals surface area contributed by atoms with Gasteiger partial charge in [-0.3, -0.25) is 20.2 Å². The number of amides is 3. The summed E-state index contributed by atoms with van der Waals surface area (Å²) < 4.78 is 4.76. The second-order valence-corrected chi connectivity index (χ2v) is 9.36. The monoisotopic (exact) mass is 416 g/mol. The molecule has 3 aliphatic rings. The number of alkyl carbamates (subject to hydrolysis) is 1. The van der Waals surface area contributed by atoms with Gasteiger partial charge in [0.25, 0.3) is 0 Å². The molecule has 0 aromatic heterocycles. The first kappa shape index (κ1) is 20.8. The maximum absolute atomic E-state index is 12.7. The van der Waals surface area contributed by atoms with Crippen LogP contribution < -0.4 is 21.3 Å². The van der Waals surface area contributed by atoms with Crippen molar-refractivity contribution in [2.45, 2.75) is 55.4 Å². The van der Waals surface area contributed by atoms with E-state index in [1.807, 2.05) is 0 Å². The lowest BCUT2D eigenvalue weighted by atomic mass is 10.0. The number of thioether (sulfide) groups is 2. The van der Waals surface area contributed by atoms with Gasteiger partial charge in [-0.25, -0.2) is 4.79 Å². The van der Waals surface area contributed by atoms with Crippen molar-refractivity contribution in [3.8, 4) is 0 Å². The van der Waals surface area contributed by atoms with Crippen LogP contribution in [0, 0.1) is 5.92 Å². The summed E-state index contributed by atoms with van der Waals surface area (Å²) in [6.45, 7) is 2.93. The van der Waals surface area contributed by atoms with Gasteiger partial charge in [0.1, 0.15) is 0 Å². The summed E-state index contributed by atoms with van der Waals surface area (Å²) in [5.74, 6) is 0.614. The first-order chi connectivity index (χ1) is 13.1. The van der Waals surface area contributed by atoms with E-state index in [1.165, 1.54) is 12.8 Å². The van der Waals surface area contributed by atoms with Crippen molar-refractivity contribution in [2.75, 3.05) is 24.7 Å². The number of nitrogens with one attached hydrogen (secondary N) is 4. The molecule has 3 aliphatic heterocycles. The number of ether oxygens (including phenoxy) is 1. The highest BCUT2D eigenvalue weighted by Crippen LogP contribution is 2.31. The largest absolute Gasteiger partial charge is 0.450 e. The summed E-state index contributed by atoms with van der Waals surface area (Å²) in [5, 5.41) is 12.1. The number of imide groups is 1. The summed E-state index contributed by atoms with van der Waals surface area (Å²) >= 11 is 3.33. The summed E-state index contributed by atoms with van der Waals surface area (Å²) in [6, 6.07) is 0.157. The highest BCUT2D eigenvalue weighted by Gasteiger charge is 2.39. The third-order valence-electron chi connectivity index (χ3n) is 5.05. The highest BCUT2D eigenvalue weighted by atomic mass is 32.2. The third kappa shape index (κ3) is 5.52. The van der Waals surface area contributed by atoms with Gasteiger partial charge in [0.2, 0.25) is 11.8 Å². The molecule has 3 heterocycles. The molecule has 10 heteroatoms. The van der Waals surface area contributed by atoms with Gasteiger partial charge in [-0.05, 0) is 38.5 Å². The van der Waals surface area contributed by atoms with Crippen LogP contribution in [-0.2, 0) is 14.3 Å². The van der Waals surface area contributed by atoms with Gasteiger partial charge in [0.15, 0.2) is 0 Å². The van der Waals surface area contributed by atoms with Gasteiger partial charge in [0.05, 0.1) is 29.3 Å². The minimum absolute atomic E-state index is 0.0749. The molecular weight excluding hydrogens is 388 g/mol. The molecule has 27 heavy (non-hydrogen) atoms. The molecule has 4 N–H and O–H groups in total. The van der Waals surface area contributed by atoms with Crippen molar-refractivity contribution in [3.05, 3.63) is 0 Å². The molecule has 5 atom stereocenters. The Morgan fingerprint density at radius 2 is 2.00 bits per heavy atom. The number of carbonyl (C=O) groups excluding carboxylic acids is 3. The molecule has 152 valence electrons. The van der Waals surface area contributed by atoms with Crippen LogP contribution in [0.3, 0.4) is 0 Å². The van der Waals surface area contributed by atoms with Crippen molar-refractivity contribution in [1.29, 1.82) is 0 Å². The smallest absolute Gasteiger partial charge is 0.413 e.